The van der Waals surface area contributed by atoms with Crippen LogP contribution in [0.4, 0.5) is 0 Å². The lowest BCUT2D eigenvalue weighted by Gasteiger charge is -2.10. The molecule has 88 valence electrons. The van der Waals surface area contributed by atoms with Crippen LogP contribution in [0, 0.1) is 0 Å². The number of rotatable bonds is 6. The van der Waals surface area contributed by atoms with Crippen molar-refractivity contribution >= 4 is 16.0 Å². The maximum absolute atomic E-state index is 11.3. The number of hydrogen-bond donors (Lipinski definition) is 2. The SMILES string of the molecule is O=C(O)CONS(=O)(=O)CC1CCCO1. The fourth-order valence-corrected chi connectivity index (χ4v) is 2.29. The van der Waals surface area contributed by atoms with E-state index >= 15 is 0 Å². The maximum Gasteiger partial charge on any atom is 0.331 e. The summed E-state index contributed by atoms with van der Waals surface area (Å²) in [5, 5.41) is 8.21. The van der Waals surface area contributed by atoms with Crippen LogP contribution >= 0.6 is 0 Å². The van der Waals surface area contributed by atoms with Gasteiger partial charge in [0, 0.05) is 6.61 Å². The largest absolute Gasteiger partial charge is 0.479 e. The Morgan fingerprint density at radius 2 is 2.33 bits per heavy atom. The van der Waals surface area contributed by atoms with Crippen molar-refractivity contribution in [2.75, 3.05) is 19.0 Å². The Bertz CT molecular complexity index is 307. The molecule has 0 bridgehead atoms. The van der Waals surface area contributed by atoms with Gasteiger partial charge in [0.1, 0.15) is 0 Å². The zero-order valence-corrected chi connectivity index (χ0v) is 8.83. The average molecular weight is 239 g/mol. The van der Waals surface area contributed by atoms with Crippen molar-refractivity contribution in [1.82, 2.24) is 4.89 Å². The average Bonchev–Trinajstić information content (AvgIpc) is 2.54. The molecule has 0 saturated carbocycles. The van der Waals surface area contributed by atoms with Gasteiger partial charge in [0.15, 0.2) is 6.61 Å². The number of ether oxygens (including phenoxy) is 1. The minimum Gasteiger partial charge on any atom is -0.479 e. The summed E-state index contributed by atoms with van der Waals surface area (Å²) in [5.41, 5.74) is 0. The Balaban J connectivity index is 2.28. The Kier molecular flexibility index (Phi) is 4.45. The third-order valence-corrected chi connectivity index (χ3v) is 2.99. The van der Waals surface area contributed by atoms with Gasteiger partial charge in [-0.25, -0.2) is 13.2 Å². The summed E-state index contributed by atoms with van der Waals surface area (Å²) < 4.78 is 27.6. The Morgan fingerprint density at radius 3 is 2.87 bits per heavy atom. The molecule has 1 heterocycles. The van der Waals surface area contributed by atoms with E-state index in [-0.39, 0.29) is 11.9 Å². The van der Waals surface area contributed by atoms with E-state index in [0.717, 1.165) is 6.42 Å². The van der Waals surface area contributed by atoms with Gasteiger partial charge >= 0.3 is 5.97 Å². The number of carbonyl (C=O) groups is 1. The molecule has 1 atom stereocenters. The first-order valence-corrected chi connectivity index (χ1v) is 6.09. The second-order valence-corrected chi connectivity index (χ2v) is 4.91. The van der Waals surface area contributed by atoms with Crippen LogP contribution in [0.2, 0.25) is 0 Å². The van der Waals surface area contributed by atoms with E-state index in [4.69, 9.17) is 9.84 Å². The van der Waals surface area contributed by atoms with E-state index in [1.165, 1.54) is 0 Å². The summed E-state index contributed by atoms with van der Waals surface area (Å²) in [5.74, 6) is -1.44. The van der Waals surface area contributed by atoms with Crippen LogP contribution in [-0.4, -0.2) is 44.6 Å². The van der Waals surface area contributed by atoms with E-state index in [2.05, 4.69) is 4.84 Å². The van der Waals surface area contributed by atoms with Gasteiger partial charge in [-0.05, 0) is 12.8 Å². The van der Waals surface area contributed by atoms with Gasteiger partial charge in [-0.1, -0.05) is 4.89 Å². The molecule has 1 aliphatic heterocycles. The van der Waals surface area contributed by atoms with Gasteiger partial charge in [0.2, 0.25) is 10.0 Å². The molecular weight excluding hydrogens is 226 g/mol. The van der Waals surface area contributed by atoms with Gasteiger partial charge in [-0.3, -0.25) is 4.84 Å². The van der Waals surface area contributed by atoms with E-state index < -0.39 is 22.6 Å². The highest BCUT2D eigenvalue weighted by Crippen LogP contribution is 2.13. The molecule has 1 unspecified atom stereocenters. The lowest BCUT2D eigenvalue weighted by molar-refractivity contribution is -0.143. The minimum absolute atomic E-state index is 0.202. The van der Waals surface area contributed by atoms with Gasteiger partial charge < -0.3 is 9.84 Å². The topological polar surface area (TPSA) is 102 Å². The lowest BCUT2D eigenvalue weighted by atomic mass is 10.3. The number of nitrogens with one attached hydrogen (secondary N) is 1. The van der Waals surface area contributed by atoms with E-state index in [1.807, 2.05) is 0 Å². The highest BCUT2D eigenvalue weighted by molar-refractivity contribution is 7.89. The fourth-order valence-electron chi connectivity index (χ4n) is 1.24. The van der Waals surface area contributed by atoms with E-state index in [9.17, 15) is 13.2 Å². The monoisotopic (exact) mass is 239 g/mol. The van der Waals surface area contributed by atoms with Crippen molar-refractivity contribution in [3.63, 3.8) is 0 Å². The number of carboxylic acid groups (broad SMARTS) is 1. The number of hydrogen-bond acceptors (Lipinski definition) is 5. The van der Waals surface area contributed by atoms with E-state index in [0.29, 0.717) is 13.0 Å². The minimum atomic E-state index is -3.62. The summed E-state index contributed by atoms with van der Waals surface area (Å²) in [6, 6.07) is 0. The molecular formula is C7H13NO6S. The molecule has 0 aromatic rings. The Morgan fingerprint density at radius 1 is 1.60 bits per heavy atom. The van der Waals surface area contributed by atoms with Crippen molar-refractivity contribution in [2.24, 2.45) is 0 Å². The molecule has 1 saturated heterocycles. The molecule has 0 aromatic carbocycles. The molecule has 1 fully saturated rings. The molecule has 0 aromatic heterocycles. The zero-order valence-electron chi connectivity index (χ0n) is 8.01. The lowest BCUT2D eigenvalue weighted by Crippen LogP contribution is -2.33. The van der Waals surface area contributed by atoms with Crippen LogP contribution in [-0.2, 0) is 24.4 Å². The highest BCUT2D eigenvalue weighted by Gasteiger charge is 2.23. The number of sulfonamides is 1. The van der Waals surface area contributed by atoms with Crippen LogP contribution in [0.3, 0.4) is 0 Å². The fraction of sp³-hybridized carbons (Fsp3) is 0.857. The molecule has 1 rings (SSSR count). The molecule has 2 N–H and O–H groups in total. The van der Waals surface area contributed by atoms with Crippen LogP contribution in [0.15, 0.2) is 0 Å². The summed E-state index contributed by atoms with van der Waals surface area (Å²) >= 11 is 0. The van der Waals surface area contributed by atoms with Crippen molar-refractivity contribution in [1.29, 1.82) is 0 Å². The molecule has 0 amide bonds. The van der Waals surface area contributed by atoms with Crippen LogP contribution < -0.4 is 4.89 Å². The highest BCUT2D eigenvalue weighted by atomic mass is 32.2. The van der Waals surface area contributed by atoms with Crippen LogP contribution in [0.5, 0.6) is 0 Å². The molecule has 7 nitrogen and oxygen atoms in total. The van der Waals surface area contributed by atoms with Crippen molar-refractivity contribution in [3.8, 4) is 0 Å². The quantitative estimate of drug-likeness (QED) is 0.582. The van der Waals surface area contributed by atoms with Gasteiger partial charge in [0.25, 0.3) is 0 Å². The number of carboxylic acids is 1. The molecule has 0 aliphatic carbocycles. The van der Waals surface area contributed by atoms with Gasteiger partial charge in [-0.2, -0.15) is 0 Å². The molecule has 1 aliphatic rings. The second-order valence-electron chi connectivity index (χ2n) is 3.18. The van der Waals surface area contributed by atoms with Crippen molar-refractivity contribution in [3.05, 3.63) is 0 Å². The Labute approximate surface area is 87.4 Å². The second kappa shape index (κ2) is 5.40. The first-order valence-electron chi connectivity index (χ1n) is 4.44. The molecule has 15 heavy (non-hydrogen) atoms. The van der Waals surface area contributed by atoms with Crippen molar-refractivity contribution in [2.45, 2.75) is 18.9 Å². The van der Waals surface area contributed by atoms with Gasteiger partial charge in [0.05, 0.1) is 11.9 Å². The third-order valence-electron chi connectivity index (χ3n) is 1.81. The third kappa shape index (κ3) is 5.07. The number of aliphatic carboxylic acids is 1. The van der Waals surface area contributed by atoms with Gasteiger partial charge in [-0.15, -0.1) is 0 Å². The Hall–Kier alpha value is -0.700. The first kappa shape index (κ1) is 12.4. The van der Waals surface area contributed by atoms with Crippen LogP contribution in [0.25, 0.3) is 0 Å². The maximum atomic E-state index is 11.3. The molecule has 8 heteroatoms. The standard InChI is InChI=1S/C7H13NO6S/c9-7(10)4-14-8-15(11,12)5-6-2-1-3-13-6/h6,8H,1-5H2,(H,9,10). The summed E-state index contributed by atoms with van der Waals surface area (Å²) in [6.45, 7) is -0.138. The van der Waals surface area contributed by atoms with Crippen LogP contribution in [0.1, 0.15) is 12.8 Å². The molecule has 0 radical (unpaired) electrons. The molecule has 0 spiro atoms. The van der Waals surface area contributed by atoms with E-state index in [1.54, 1.807) is 4.89 Å². The normalized spacial score (nSPS) is 21.7. The summed E-state index contributed by atoms with van der Waals surface area (Å²) in [4.78, 5) is 16.1. The smallest absolute Gasteiger partial charge is 0.331 e. The predicted molar refractivity (Wildman–Crippen MR) is 49.5 cm³/mol. The summed E-state index contributed by atoms with van der Waals surface area (Å²) in [7, 11) is -3.62. The predicted octanol–water partition coefficient (Wildman–Crippen LogP) is -0.899. The van der Waals surface area contributed by atoms with Crippen molar-refractivity contribution < 1.29 is 27.9 Å². The zero-order chi connectivity index (χ0) is 11.3. The first-order chi connectivity index (χ1) is 6.99. The summed E-state index contributed by atoms with van der Waals surface area (Å²) in [6.07, 6.45) is 1.21.